The molecule has 1 aliphatic rings. The molecule has 33 heavy (non-hydrogen) atoms. The summed E-state index contributed by atoms with van der Waals surface area (Å²) in [6.07, 6.45) is 3.46. The Kier molecular flexibility index (Phi) is 7.16. The van der Waals surface area contributed by atoms with Crippen molar-refractivity contribution in [3.05, 3.63) is 77.6 Å². The molecule has 0 fully saturated rings. The molecule has 1 heterocycles. The fourth-order valence-corrected chi connectivity index (χ4v) is 4.23. The number of benzene rings is 2. The smallest absolute Gasteiger partial charge is 0.227 e. The molecule has 2 aromatic carbocycles. The Balaban J connectivity index is 1.35. The molecule has 2 amide bonds. The largest absolute Gasteiger partial charge is 0.350 e. The van der Waals surface area contributed by atoms with Crippen molar-refractivity contribution in [2.24, 2.45) is 0 Å². The minimum absolute atomic E-state index is 0.0860. The predicted octanol–water partition coefficient (Wildman–Crippen LogP) is 3.70. The van der Waals surface area contributed by atoms with E-state index in [4.69, 9.17) is 10.4 Å². The number of aromatic nitrogens is 2. The minimum Gasteiger partial charge on any atom is -0.350 e. The standard InChI is InChI=1S/C26H27N5O2/c27-17-8-18-30(20-9-3-1-4-10-20)26(33)16-15-25(32)28-19-23-22-13-7-14-24(22)31(29-23)21-11-5-2-6-12-21/h1-6,9-12H,7-8,13-16,18-19H2,(H,28,32). The monoisotopic (exact) mass is 441 g/mol. The van der Waals surface area contributed by atoms with Crippen molar-refractivity contribution in [3.63, 3.8) is 0 Å². The van der Waals surface area contributed by atoms with Gasteiger partial charge in [-0.05, 0) is 49.1 Å². The van der Waals surface area contributed by atoms with Crippen molar-refractivity contribution in [3.8, 4) is 11.8 Å². The molecule has 1 aromatic heterocycles. The van der Waals surface area contributed by atoms with Crippen LogP contribution in [0, 0.1) is 11.3 Å². The molecule has 0 unspecified atom stereocenters. The van der Waals surface area contributed by atoms with E-state index in [9.17, 15) is 9.59 Å². The molecule has 168 valence electrons. The van der Waals surface area contributed by atoms with Crippen LogP contribution in [-0.4, -0.2) is 28.1 Å². The zero-order chi connectivity index (χ0) is 23.0. The molecule has 1 N–H and O–H groups in total. The second-order valence-electron chi connectivity index (χ2n) is 8.04. The Morgan fingerprint density at radius 1 is 1.03 bits per heavy atom. The average molecular weight is 442 g/mol. The summed E-state index contributed by atoms with van der Waals surface area (Å²) in [6, 6.07) is 21.3. The Labute approximate surface area is 193 Å². The lowest BCUT2D eigenvalue weighted by Crippen LogP contribution is -2.33. The second-order valence-corrected chi connectivity index (χ2v) is 8.04. The number of nitrogens with one attached hydrogen (secondary N) is 1. The van der Waals surface area contributed by atoms with Gasteiger partial charge in [0.15, 0.2) is 0 Å². The fourth-order valence-electron chi connectivity index (χ4n) is 4.23. The van der Waals surface area contributed by atoms with Crippen molar-refractivity contribution in [2.45, 2.75) is 45.1 Å². The van der Waals surface area contributed by atoms with Gasteiger partial charge in [-0.3, -0.25) is 9.59 Å². The molecule has 0 aliphatic heterocycles. The normalized spacial score (nSPS) is 12.1. The first-order valence-corrected chi connectivity index (χ1v) is 11.3. The molecule has 7 nitrogen and oxygen atoms in total. The maximum absolute atomic E-state index is 12.8. The van der Waals surface area contributed by atoms with Crippen LogP contribution in [0.1, 0.15) is 42.6 Å². The third kappa shape index (κ3) is 5.29. The third-order valence-electron chi connectivity index (χ3n) is 5.85. The van der Waals surface area contributed by atoms with Crippen LogP contribution in [0.15, 0.2) is 60.7 Å². The van der Waals surface area contributed by atoms with Crippen LogP contribution in [-0.2, 0) is 29.0 Å². The fraction of sp³-hybridized carbons (Fsp3) is 0.308. The predicted molar refractivity (Wildman–Crippen MR) is 126 cm³/mol. The lowest BCUT2D eigenvalue weighted by Gasteiger charge is -2.21. The van der Waals surface area contributed by atoms with Gasteiger partial charge < -0.3 is 10.2 Å². The van der Waals surface area contributed by atoms with E-state index in [0.717, 1.165) is 36.3 Å². The Morgan fingerprint density at radius 2 is 1.76 bits per heavy atom. The number of rotatable bonds is 9. The van der Waals surface area contributed by atoms with Gasteiger partial charge in [0.25, 0.3) is 0 Å². The maximum atomic E-state index is 12.8. The van der Waals surface area contributed by atoms with Gasteiger partial charge in [0.1, 0.15) is 0 Å². The number of para-hydroxylation sites is 2. The number of amides is 2. The number of hydrogen-bond acceptors (Lipinski definition) is 4. The molecular formula is C26H27N5O2. The number of fused-ring (bicyclic) bond motifs is 1. The first-order chi connectivity index (χ1) is 16.2. The zero-order valence-corrected chi connectivity index (χ0v) is 18.5. The highest BCUT2D eigenvalue weighted by atomic mass is 16.2. The zero-order valence-electron chi connectivity index (χ0n) is 18.5. The van der Waals surface area contributed by atoms with Gasteiger partial charge in [0.2, 0.25) is 11.8 Å². The second kappa shape index (κ2) is 10.6. The molecule has 1 aliphatic carbocycles. The van der Waals surface area contributed by atoms with Crippen LogP contribution in [0.3, 0.4) is 0 Å². The highest BCUT2D eigenvalue weighted by Crippen LogP contribution is 2.27. The van der Waals surface area contributed by atoms with Crippen LogP contribution in [0.25, 0.3) is 5.69 Å². The van der Waals surface area contributed by atoms with Crippen LogP contribution >= 0.6 is 0 Å². The number of carbonyl (C=O) groups is 2. The number of hydrogen-bond donors (Lipinski definition) is 1. The molecule has 3 aromatic rings. The van der Waals surface area contributed by atoms with E-state index in [1.807, 2.05) is 65.3 Å². The molecule has 0 atom stereocenters. The van der Waals surface area contributed by atoms with E-state index < -0.39 is 0 Å². The van der Waals surface area contributed by atoms with Crippen molar-refractivity contribution < 1.29 is 9.59 Å². The maximum Gasteiger partial charge on any atom is 0.227 e. The van der Waals surface area contributed by atoms with Crippen molar-refractivity contribution in [2.75, 3.05) is 11.4 Å². The Morgan fingerprint density at radius 3 is 2.48 bits per heavy atom. The topological polar surface area (TPSA) is 91.0 Å². The first kappa shape index (κ1) is 22.3. The SMILES string of the molecule is N#CCCN(C(=O)CCC(=O)NCc1nn(-c2ccccc2)c2c1CCC2)c1ccccc1. The van der Waals surface area contributed by atoms with E-state index in [1.165, 1.54) is 11.3 Å². The van der Waals surface area contributed by atoms with E-state index in [1.54, 1.807) is 4.90 Å². The summed E-state index contributed by atoms with van der Waals surface area (Å²) >= 11 is 0. The summed E-state index contributed by atoms with van der Waals surface area (Å²) in [5, 5.41) is 16.6. The van der Waals surface area contributed by atoms with E-state index in [-0.39, 0.29) is 31.1 Å². The van der Waals surface area contributed by atoms with E-state index in [2.05, 4.69) is 11.4 Å². The number of nitrogens with zero attached hydrogens (tertiary/aromatic N) is 4. The van der Waals surface area contributed by atoms with Crippen molar-refractivity contribution in [1.29, 1.82) is 5.26 Å². The van der Waals surface area contributed by atoms with Gasteiger partial charge in [-0.2, -0.15) is 10.4 Å². The van der Waals surface area contributed by atoms with E-state index in [0.29, 0.717) is 13.1 Å². The molecule has 0 saturated heterocycles. The highest BCUT2D eigenvalue weighted by molar-refractivity contribution is 5.95. The van der Waals surface area contributed by atoms with Gasteiger partial charge in [0.05, 0.1) is 30.4 Å². The van der Waals surface area contributed by atoms with Crippen LogP contribution in [0.5, 0.6) is 0 Å². The molecule has 0 saturated carbocycles. The summed E-state index contributed by atoms with van der Waals surface area (Å²) in [5.41, 5.74) is 5.10. The van der Waals surface area contributed by atoms with Gasteiger partial charge >= 0.3 is 0 Å². The van der Waals surface area contributed by atoms with Crippen LogP contribution in [0.4, 0.5) is 5.69 Å². The molecule has 0 radical (unpaired) electrons. The van der Waals surface area contributed by atoms with Crippen molar-refractivity contribution >= 4 is 17.5 Å². The summed E-state index contributed by atoms with van der Waals surface area (Å²) < 4.78 is 1.99. The van der Waals surface area contributed by atoms with E-state index >= 15 is 0 Å². The quantitative estimate of drug-likeness (QED) is 0.548. The highest BCUT2D eigenvalue weighted by Gasteiger charge is 2.23. The Bertz CT molecular complexity index is 1150. The average Bonchev–Trinajstić information content (AvgIpc) is 3.46. The lowest BCUT2D eigenvalue weighted by molar-refractivity contribution is -0.125. The van der Waals surface area contributed by atoms with Gasteiger partial charge in [0, 0.05) is 30.8 Å². The summed E-state index contributed by atoms with van der Waals surface area (Å²) in [6.45, 7) is 0.663. The first-order valence-electron chi connectivity index (χ1n) is 11.3. The van der Waals surface area contributed by atoms with Crippen LogP contribution < -0.4 is 10.2 Å². The number of nitriles is 1. The molecule has 0 bridgehead atoms. The van der Waals surface area contributed by atoms with Gasteiger partial charge in [-0.15, -0.1) is 0 Å². The summed E-state index contributed by atoms with van der Waals surface area (Å²) in [5.74, 6) is -0.349. The molecular weight excluding hydrogens is 414 g/mol. The lowest BCUT2D eigenvalue weighted by atomic mass is 10.2. The van der Waals surface area contributed by atoms with Gasteiger partial charge in [-0.25, -0.2) is 4.68 Å². The van der Waals surface area contributed by atoms with Crippen molar-refractivity contribution in [1.82, 2.24) is 15.1 Å². The van der Waals surface area contributed by atoms with Gasteiger partial charge in [-0.1, -0.05) is 36.4 Å². The summed E-state index contributed by atoms with van der Waals surface area (Å²) in [7, 11) is 0. The molecule has 0 spiro atoms. The summed E-state index contributed by atoms with van der Waals surface area (Å²) in [4.78, 5) is 26.8. The minimum atomic E-state index is -0.183. The third-order valence-corrected chi connectivity index (χ3v) is 5.85. The number of carbonyl (C=O) groups excluding carboxylic acids is 2. The molecule has 7 heteroatoms. The van der Waals surface area contributed by atoms with Crippen LogP contribution in [0.2, 0.25) is 0 Å². The molecule has 4 rings (SSSR count). The Hall–Kier alpha value is -3.92. The number of anilines is 1.